The number of esters is 4. The van der Waals surface area contributed by atoms with Crippen molar-refractivity contribution in [2.75, 3.05) is 14.1 Å². The van der Waals surface area contributed by atoms with E-state index in [1.54, 1.807) is 6.92 Å². The first-order valence-corrected chi connectivity index (χ1v) is 16.3. The van der Waals surface area contributed by atoms with E-state index in [-0.39, 0.29) is 24.7 Å². The van der Waals surface area contributed by atoms with E-state index < -0.39 is 71.0 Å². The molecule has 1 aromatic carbocycles. The summed E-state index contributed by atoms with van der Waals surface area (Å²) in [6, 6.07) is 9.48. The van der Waals surface area contributed by atoms with Crippen LogP contribution in [-0.4, -0.2) is 73.1 Å². The third kappa shape index (κ3) is 7.08. The van der Waals surface area contributed by atoms with Gasteiger partial charge in [-0.15, -0.1) is 0 Å². The molecule has 0 radical (unpaired) electrons. The van der Waals surface area contributed by atoms with Gasteiger partial charge in [-0.25, -0.2) is 0 Å². The Kier molecular flexibility index (Phi) is 10.5. The van der Waals surface area contributed by atoms with Crippen LogP contribution in [0.1, 0.15) is 85.8 Å². The Balaban J connectivity index is 1.83. The van der Waals surface area contributed by atoms with Crippen LogP contribution in [-0.2, 0) is 42.9 Å². The van der Waals surface area contributed by atoms with E-state index >= 15 is 0 Å². The summed E-state index contributed by atoms with van der Waals surface area (Å²) in [5.41, 5.74) is 0.624. The number of Topliss-reactive ketones (excluding diaryl/α,β-unsaturated/α-hetero) is 1. The second-order valence-corrected chi connectivity index (χ2v) is 14.3. The molecule has 3 aliphatic rings. The van der Waals surface area contributed by atoms with Crippen LogP contribution in [0.2, 0.25) is 0 Å². The van der Waals surface area contributed by atoms with E-state index in [2.05, 4.69) is 6.58 Å². The number of carbonyl (C=O) groups excluding carboxylic acids is 5. The first kappa shape index (κ1) is 36.1. The molecule has 8 atom stereocenters. The maximum Gasteiger partial charge on any atom is 0.308 e. The topological polar surface area (TPSA) is 126 Å². The molecule has 4 rings (SSSR count). The van der Waals surface area contributed by atoms with E-state index in [9.17, 15) is 24.0 Å². The SMILES string of the molecule is C=C1[C@@H](OC(=O)C[C@H](c2ccccc2)N(C)C)CC[C@@]2(C)[C@@H](OC(C)=O)[C@H](OC(C)=O)C3=C(C)C(=O)C[C@@H]([C@@H](OC(C)=O)[C@H]12)C3(C)C. The standard InChI is InChI=1S/C37H49NO9/c1-20-28(42)18-26-33(44-22(3)39)32-21(2)29(47-30(43)19-27(38(9)10)25-14-12-11-13-15-25)16-17-37(32,8)35(46-24(5)41)34(45-23(4)40)31(20)36(26,6)7/h11-15,26-27,29,32-35H,2,16-19H2,1,3-10H3/t26-,27+,29-,32-,33+,34+,35-,37+/m0/s1. The molecule has 2 saturated carbocycles. The largest absolute Gasteiger partial charge is 0.462 e. The monoisotopic (exact) mass is 651 g/mol. The predicted molar refractivity (Wildman–Crippen MR) is 174 cm³/mol. The number of ketones is 1. The molecule has 10 heteroatoms. The summed E-state index contributed by atoms with van der Waals surface area (Å²) >= 11 is 0. The highest BCUT2D eigenvalue weighted by molar-refractivity contribution is 5.97. The zero-order chi connectivity index (χ0) is 35.0. The second kappa shape index (κ2) is 13.7. The van der Waals surface area contributed by atoms with E-state index in [1.807, 2.05) is 70.1 Å². The van der Waals surface area contributed by atoms with Crippen LogP contribution in [0.5, 0.6) is 0 Å². The molecule has 0 saturated heterocycles. The van der Waals surface area contributed by atoms with Gasteiger partial charge in [0.15, 0.2) is 11.9 Å². The molecule has 0 amide bonds. The van der Waals surface area contributed by atoms with Crippen molar-refractivity contribution in [3.63, 3.8) is 0 Å². The predicted octanol–water partition coefficient (Wildman–Crippen LogP) is 5.30. The number of allylic oxidation sites excluding steroid dienone is 1. The molecule has 0 spiro atoms. The van der Waals surface area contributed by atoms with E-state index in [4.69, 9.17) is 18.9 Å². The highest BCUT2D eigenvalue weighted by Gasteiger charge is 2.64. The number of carbonyl (C=O) groups is 5. The van der Waals surface area contributed by atoms with Crippen molar-refractivity contribution in [3.05, 3.63) is 59.2 Å². The first-order valence-electron chi connectivity index (χ1n) is 16.3. The molecule has 47 heavy (non-hydrogen) atoms. The maximum atomic E-state index is 13.6. The smallest absolute Gasteiger partial charge is 0.308 e. The fourth-order valence-corrected chi connectivity index (χ4v) is 8.38. The first-order chi connectivity index (χ1) is 21.9. The fourth-order valence-electron chi connectivity index (χ4n) is 8.38. The van der Waals surface area contributed by atoms with Gasteiger partial charge in [0, 0.05) is 50.5 Å². The highest BCUT2D eigenvalue weighted by Crippen LogP contribution is 2.60. The fraction of sp³-hybridized carbons (Fsp3) is 0.595. The Hall–Kier alpha value is -3.79. The molecule has 0 unspecified atom stereocenters. The summed E-state index contributed by atoms with van der Waals surface area (Å²) in [5, 5.41) is 0. The van der Waals surface area contributed by atoms with Crippen LogP contribution in [0.25, 0.3) is 0 Å². The normalized spacial score (nSPS) is 30.8. The molecule has 2 fully saturated rings. The Morgan fingerprint density at radius 3 is 2.09 bits per heavy atom. The van der Waals surface area contributed by atoms with Gasteiger partial charge in [0.25, 0.3) is 0 Å². The molecule has 3 aliphatic carbocycles. The third-order valence-electron chi connectivity index (χ3n) is 10.6. The lowest BCUT2D eigenvalue weighted by atomic mass is 9.49. The van der Waals surface area contributed by atoms with Crippen LogP contribution in [0.4, 0.5) is 0 Å². The molecule has 1 aromatic rings. The zero-order valence-corrected chi connectivity index (χ0v) is 29.1. The number of fused-ring (bicyclic) bond motifs is 3. The summed E-state index contributed by atoms with van der Waals surface area (Å²) < 4.78 is 24.4. The van der Waals surface area contributed by atoms with Crippen LogP contribution in [0.15, 0.2) is 53.6 Å². The lowest BCUT2D eigenvalue weighted by Gasteiger charge is -2.59. The van der Waals surface area contributed by atoms with Crippen LogP contribution >= 0.6 is 0 Å². The minimum Gasteiger partial charge on any atom is -0.462 e. The van der Waals surface area contributed by atoms with Crippen molar-refractivity contribution in [1.29, 1.82) is 0 Å². The van der Waals surface area contributed by atoms with Crippen LogP contribution < -0.4 is 0 Å². The summed E-state index contributed by atoms with van der Waals surface area (Å²) in [6.07, 6.45) is -2.89. The average molecular weight is 652 g/mol. The van der Waals surface area contributed by atoms with Gasteiger partial charge in [-0.2, -0.15) is 0 Å². The maximum absolute atomic E-state index is 13.6. The molecule has 256 valence electrons. The quantitative estimate of drug-likeness (QED) is 0.208. The van der Waals surface area contributed by atoms with Crippen molar-refractivity contribution in [1.82, 2.24) is 4.90 Å². The van der Waals surface area contributed by atoms with Crippen LogP contribution in [0.3, 0.4) is 0 Å². The molecule has 0 aromatic heterocycles. The van der Waals surface area contributed by atoms with Gasteiger partial charge < -0.3 is 23.8 Å². The molecular formula is C37H49NO9. The van der Waals surface area contributed by atoms with E-state index in [0.717, 1.165) is 5.56 Å². The number of ether oxygens (including phenoxy) is 4. The number of hydrogen-bond acceptors (Lipinski definition) is 10. The van der Waals surface area contributed by atoms with Crippen molar-refractivity contribution in [3.8, 4) is 0 Å². The van der Waals surface area contributed by atoms with Gasteiger partial charge in [-0.3, -0.25) is 24.0 Å². The molecule has 10 nitrogen and oxygen atoms in total. The molecular weight excluding hydrogens is 602 g/mol. The summed E-state index contributed by atoms with van der Waals surface area (Å²) in [4.78, 5) is 67.3. The van der Waals surface area contributed by atoms with Gasteiger partial charge in [-0.05, 0) is 61.6 Å². The number of rotatable bonds is 8. The third-order valence-corrected chi connectivity index (χ3v) is 10.6. The number of hydrogen-bond donors (Lipinski definition) is 0. The lowest BCUT2D eigenvalue weighted by Crippen LogP contribution is -2.64. The van der Waals surface area contributed by atoms with E-state index in [0.29, 0.717) is 29.6 Å². The Morgan fingerprint density at radius 1 is 0.936 bits per heavy atom. The van der Waals surface area contributed by atoms with Crippen molar-refractivity contribution < 1.29 is 42.9 Å². The summed E-state index contributed by atoms with van der Waals surface area (Å²) in [7, 11) is 3.81. The molecule has 0 aliphatic heterocycles. The van der Waals surface area contributed by atoms with Crippen molar-refractivity contribution >= 4 is 29.7 Å². The summed E-state index contributed by atoms with van der Waals surface area (Å²) in [5.74, 6) is -3.59. The minimum atomic E-state index is -1.08. The van der Waals surface area contributed by atoms with Gasteiger partial charge in [-0.1, -0.05) is 57.7 Å². The highest BCUT2D eigenvalue weighted by atomic mass is 16.6. The summed E-state index contributed by atoms with van der Waals surface area (Å²) in [6.45, 7) is 15.8. The van der Waals surface area contributed by atoms with Crippen LogP contribution in [0, 0.1) is 22.7 Å². The molecule has 0 N–H and O–H groups in total. The van der Waals surface area contributed by atoms with E-state index in [1.165, 1.54) is 20.8 Å². The van der Waals surface area contributed by atoms with Crippen molar-refractivity contribution in [2.24, 2.45) is 22.7 Å². The number of benzene rings is 1. The lowest BCUT2D eigenvalue weighted by molar-refractivity contribution is -0.202. The Bertz CT molecular complexity index is 1460. The molecule has 0 heterocycles. The Morgan fingerprint density at radius 2 is 1.53 bits per heavy atom. The zero-order valence-electron chi connectivity index (χ0n) is 29.1. The average Bonchev–Trinajstić information content (AvgIpc) is 2.96. The second-order valence-electron chi connectivity index (χ2n) is 14.3. The van der Waals surface area contributed by atoms with Gasteiger partial charge >= 0.3 is 23.9 Å². The van der Waals surface area contributed by atoms with Gasteiger partial charge in [0.05, 0.1) is 6.42 Å². The number of nitrogens with zero attached hydrogens (tertiary/aromatic N) is 1. The van der Waals surface area contributed by atoms with Gasteiger partial charge in [0.2, 0.25) is 0 Å². The van der Waals surface area contributed by atoms with Gasteiger partial charge in [0.1, 0.15) is 18.3 Å². The molecule has 2 bridgehead atoms. The minimum absolute atomic E-state index is 0.0806. The van der Waals surface area contributed by atoms with Crippen molar-refractivity contribution in [2.45, 2.75) is 105 Å². The Labute approximate surface area is 277 Å².